The molecule has 0 aliphatic rings. The molecule has 0 unspecified atom stereocenters. The highest BCUT2D eigenvalue weighted by Crippen LogP contribution is 2.33. The zero-order valence-corrected chi connectivity index (χ0v) is 17.9. The summed E-state index contributed by atoms with van der Waals surface area (Å²) in [6, 6.07) is 13.3. The van der Waals surface area contributed by atoms with E-state index >= 15 is 0 Å². The highest BCUT2D eigenvalue weighted by atomic mass is 35.5. The number of amides is 1. The normalized spacial score (nSPS) is 11.2. The molecule has 3 rings (SSSR count). The van der Waals surface area contributed by atoms with Gasteiger partial charge in [-0.1, -0.05) is 41.1 Å². The molecule has 0 aliphatic heterocycles. The third-order valence-electron chi connectivity index (χ3n) is 4.27. The lowest BCUT2D eigenvalue weighted by atomic mass is 10.2. The second-order valence-electron chi connectivity index (χ2n) is 6.83. The molecule has 7 heteroatoms. The number of ether oxygens (including phenoxy) is 1. The van der Waals surface area contributed by atoms with Gasteiger partial charge in [-0.15, -0.1) is 0 Å². The Morgan fingerprint density at radius 1 is 1.18 bits per heavy atom. The van der Waals surface area contributed by atoms with Crippen LogP contribution in [-0.4, -0.2) is 49.6 Å². The molecule has 28 heavy (non-hydrogen) atoms. The molecule has 0 fully saturated rings. The summed E-state index contributed by atoms with van der Waals surface area (Å²) in [5.41, 5.74) is 1.91. The third kappa shape index (κ3) is 5.22. The van der Waals surface area contributed by atoms with Gasteiger partial charge in [0.2, 0.25) is 5.91 Å². The van der Waals surface area contributed by atoms with Crippen molar-refractivity contribution in [3.63, 3.8) is 0 Å². The maximum absolute atomic E-state index is 12.9. The van der Waals surface area contributed by atoms with E-state index in [0.29, 0.717) is 23.3 Å². The Labute approximate surface area is 174 Å². The average Bonchev–Trinajstić information content (AvgIpc) is 3.06. The molecule has 1 aromatic heterocycles. The van der Waals surface area contributed by atoms with Crippen molar-refractivity contribution in [3.8, 4) is 5.75 Å². The Hall–Kier alpha value is -2.15. The summed E-state index contributed by atoms with van der Waals surface area (Å²) < 4.78 is 6.68. The molecule has 0 spiro atoms. The van der Waals surface area contributed by atoms with Crippen LogP contribution in [-0.2, 0) is 4.79 Å². The standard InChI is InChI=1S/C21H24ClN3O2S/c1-15-13-16(22)14-18-20(15)23-21(28-18)25(11-10-24(2)3)19(26)9-12-27-17-7-5-4-6-8-17/h4-8,13-14H,9-12H2,1-3H3. The fourth-order valence-electron chi connectivity index (χ4n) is 2.79. The highest BCUT2D eigenvalue weighted by molar-refractivity contribution is 7.22. The number of thiazole rings is 1. The van der Waals surface area contributed by atoms with Gasteiger partial charge >= 0.3 is 0 Å². The van der Waals surface area contributed by atoms with Gasteiger partial charge in [0, 0.05) is 18.1 Å². The number of aryl methyl sites for hydroxylation is 1. The highest BCUT2D eigenvalue weighted by Gasteiger charge is 2.20. The maximum atomic E-state index is 12.9. The van der Waals surface area contributed by atoms with Crippen molar-refractivity contribution in [2.75, 3.05) is 38.7 Å². The van der Waals surface area contributed by atoms with E-state index in [9.17, 15) is 4.79 Å². The fourth-order valence-corrected chi connectivity index (χ4v) is 4.26. The number of rotatable bonds is 8. The minimum Gasteiger partial charge on any atom is -0.493 e. The van der Waals surface area contributed by atoms with Crippen molar-refractivity contribution in [2.24, 2.45) is 0 Å². The van der Waals surface area contributed by atoms with Crippen LogP contribution in [0.2, 0.25) is 5.02 Å². The zero-order chi connectivity index (χ0) is 20.1. The average molecular weight is 418 g/mol. The number of benzene rings is 2. The summed E-state index contributed by atoms with van der Waals surface area (Å²) in [6.45, 7) is 3.64. The second-order valence-corrected chi connectivity index (χ2v) is 8.27. The van der Waals surface area contributed by atoms with E-state index in [1.807, 2.05) is 63.5 Å². The van der Waals surface area contributed by atoms with Crippen LogP contribution in [0.1, 0.15) is 12.0 Å². The first-order valence-corrected chi connectivity index (χ1v) is 10.3. The molecule has 3 aromatic rings. The van der Waals surface area contributed by atoms with Gasteiger partial charge in [0.05, 0.1) is 23.2 Å². The monoisotopic (exact) mass is 417 g/mol. The van der Waals surface area contributed by atoms with E-state index in [0.717, 1.165) is 28.1 Å². The number of nitrogens with zero attached hydrogens (tertiary/aromatic N) is 3. The van der Waals surface area contributed by atoms with Crippen LogP contribution in [0.3, 0.4) is 0 Å². The van der Waals surface area contributed by atoms with Gasteiger partial charge in [-0.2, -0.15) is 0 Å². The van der Waals surface area contributed by atoms with Gasteiger partial charge in [-0.05, 0) is 50.8 Å². The Morgan fingerprint density at radius 3 is 2.64 bits per heavy atom. The van der Waals surface area contributed by atoms with Gasteiger partial charge in [0.15, 0.2) is 5.13 Å². The minimum absolute atomic E-state index is 0.000544. The van der Waals surface area contributed by atoms with Crippen molar-refractivity contribution in [3.05, 3.63) is 53.1 Å². The quantitative estimate of drug-likeness (QED) is 0.536. The number of anilines is 1. The fraction of sp³-hybridized carbons (Fsp3) is 0.333. The van der Waals surface area contributed by atoms with E-state index in [1.54, 1.807) is 4.90 Å². The Balaban J connectivity index is 1.76. The van der Waals surface area contributed by atoms with Gasteiger partial charge in [0.1, 0.15) is 5.75 Å². The van der Waals surface area contributed by atoms with E-state index < -0.39 is 0 Å². The smallest absolute Gasteiger partial charge is 0.232 e. The Morgan fingerprint density at radius 2 is 1.93 bits per heavy atom. The van der Waals surface area contributed by atoms with Gasteiger partial charge in [0.25, 0.3) is 0 Å². The number of hydrogen-bond donors (Lipinski definition) is 0. The predicted octanol–water partition coefficient (Wildman–Crippen LogP) is 4.62. The van der Waals surface area contributed by atoms with Gasteiger partial charge in [-0.3, -0.25) is 9.69 Å². The van der Waals surface area contributed by atoms with Crippen molar-refractivity contribution in [2.45, 2.75) is 13.3 Å². The number of carbonyl (C=O) groups excluding carboxylic acids is 1. The van der Waals surface area contributed by atoms with Crippen LogP contribution in [0.4, 0.5) is 5.13 Å². The van der Waals surface area contributed by atoms with E-state index in [1.165, 1.54) is 11.3 Å². The lowest BCUT2D eigenvalue weighted by Crippen LogP contribution is -2.37. The summed E-state index contributed by atoms with van der Waals surface area (Å²) >= 11 is 7.67. The number of carbonyl (C=O) groups is 1. The maximum Gasteiger partial charge on any atom is 0.232 e. The molecular formula is C21H24ClN3O2S. The predicted molar refractivity (Wildman–Crippen MR) is 117 cm³/mol. The molecular weight excluding hydrogens is 394 g/mol. The SMILES string of the molecule is Cc1cc(Cl)cc2sc(N(CCN(C)C)C(=O)CCOc3ccccc3)nc12. The number of aromatic nitrogens is 1. The van der Waals surface area contributed by atoms with Crippen molar-refractivity contribution in [1.82, 2.24) is 9.88 Å². The molecule has 0 radical (unpaired) electrons. The largest absolute Gasteiger partial charge is 0.493 e. The van der Waals surface area contributed by atoms with Crippen LogP contribution < -0.4 is 9.64 Å². The molecule has 0 atom stereocenters. The molecule has 1 heterocycles. The molecule has 0 saturated carbocycles. The minimum atomic E-state index is 0.000544. The van der Waals surface area contributed by atoms with E-state index in [-0.39, 0.29) is 12.3 Å². The van der Waals surface area contributed by atoms with Crippen LogP contribution in [0, 0.1) is 6.92 Å². The van der Waals surface area contributed by atoms with Crippen molar-refractivity contribution in [1.29, 1.82) is 0 Å². The van der Waals surface area contributed by atoms with Crippen molar-refractivity contribution < 1.29 is 9.53 Å². The van der Waals surface area contributed by atoms with E-state index in [2.05, 4.69) is 4.90 Å². The summed E-state index contributed by atoms with van der Waals surface area (Å²) in [4.78, 5) is 21.5. The molecule has 1 amide bonds. The van der Waals surface area contributed by atoms with Gasteiger partial charge in [-0.25, -0.2) is 4.98 Å². The van der Waals surface area contributed by atoms with Crippen molar-refractivity contribution >= 4 is 44.2 Å². The number of hydrogen-bond acceptors (Lipinski definition) is 5. The third-order valence-corrected chi connectivity index (χ3v) is 5.51. The molecule has 0 bridgehead atoms. The number of fused-ring (bicyclic) bond motifs is 1. The Kier molecular flexibility index (Phi) is 6.88. The lowest BCUT2D eigenvalue weighted by Gasteiger charge is -2.22. The molecule has 5 nitrogen and oxygen atoms in total. The first-order chi connectivity index (χ1) is 13.4. The zero-order valence-electron chi connectivity index (χ0n) is 16.3. The van der Waals surface area contributed by atoms with Crippen LogP contribution in [0.15, 0.2) is 42.5 Å². The molecule has 0 N–H and O–H groups in total. The summed E-state index contributed by atoms with van der Waals surface area (Å²) in [6.07, 6.45) is 0.290. The van der Waals surface area contributed by atoms with Crippen LogP contribution in [0.25, 0.3) is 10.2 Å². The topological polar surface area (TPSA) is 45.7 Å². The lowest BCUT2D eigenvalue weighted by molar-refractivity contribution is -0.119. The molecule has 0 saturated heterocycles. The van der Waals surface area contributed by atoms with Crippen LogP contribution >= 0.6 is 22.9 Å². The van der Waals surface area contributed by atoms with Gasteiger partial charge < -0.3 is 9.64 Å². The summed E-state index contributed by atoms with van der Waals surface area (Å²) in [5.74, 6) is 0.765. The Bertz CT molecular complexity index is 943. The summed E-state index contributed by atoms with van der Waals surface area (Å²) in [7, 11) is 3.98. The number of para-hydroxylation sites is 1. The molecule has 2 aromatic carbocycles. The first-order valence-electron chi connectivity index (χ1n) is 9.13. The molecule has 148 valence electrons. The number of likely N-dealkylation sites (N-methyl/N-ethyl adjacent to an activating group) is 1. The second kappa shape index (κ2) is 9.37. The van der Waals surface area contributed by atoms with Crippen LogP contribution in [0.5, 0.6) is 5.75 Å². The molecule has 0 aliphatic carbocycles. The number of halogens is 1. The summed E-state index contributed by atoms with van der Waals surface area (Å²) in [5, 5.41) is 1.38. The van der Waals surface area contributed by atoms with E-state index in [4.69, 9.17) is 21.3 Å². The first kappa shape index (κ1) is 20.6.